The maximum absolute atomic E-state index is 12.7. The second-order valence-corrected chi connectivity index (χ2v) is 8.16. The molecule has 0 unspecified atom stereocenters. The van der Waals surface area contributed by atoms with Crippen LogP contribution in [0, 0.1) is 0 Å². The van der Waals surface area contributed by atoms with Crippen molar-refractivity contribution >= 4 is 17.7 Å². The summed E-state index contributed by atoms with van der Waals surface area (Å²) < 4.78 is 0. The molecule has 1 spiro atoms. The first-order chi connectivity index (χ1) is 13.9. The summed E-state index contributed by atoms with van der Waals surface area (Å²) in [4.78, 5) is 35.2. The van der Waals surface area contributed by atoms with E-state index in [1.807, 2.05) is 6.07 Å². The van der Waals surface area contributed by atoms with Crippen molar-refractivity contribution in [2.45, 2.75) is 36.8 Å². The monoisotopic (exact) mass is 395 g/mol. The van der Waals surface area contributed by atoms with E-state index in [4.69, 9.17) is 5.11 Å². The van der Waals surface area contributed by atoms with E-state index in [-0.39, 0.29) is 22.9 Å². The predicted molar refractivity (Wildman–Crippen MR) is 108 cm³/mol. The highest BCUT2D eigenvalue weighted by Crippen LogP contribution is 2.46. The van der Waals surface area contributed by atoms with Crippen LogP contribution < -0.4 is 10.2 Å². The number of carbonyl (C=O) groups is 2. The standard InChI is InChI=1S/C21H25N5O3/c1-25(2)21(15-6-4-3-5-7-15)10-8-20(9-11-21)14-26(19(29)24-20)16-12-22-17(18(27)28)23-13-16/h3-7,12-13H,8-11,14H2,1-2H3,(H,24,29)(H,27,28)/t20-,21+. The van der Waals surface area contributed by atoms with Crippen LogP contribution in [0.5, 0.6) is 0 Å². The largest absolute Gasteiger partial charge is 0.475 e. The molecule has 1 aliphatic carbocycles. The Morgan fingerprint density at radius 1 is 1.10 bits per heavy atom. The number of hydrogen-bond acceptors (Lipinski definition) is 5. The number of rotatable bonds is 4. The fraction of sp³-hybridized carbons (Fsp3) is 0.429. The van der Waals surface area contributed by atoms with Gasteiger partial charge in [0, 0.05) is 5.54 Å². The van der Waals surface area contributed by atoms with Crippen molar-refractivity contribution in [3.05, 3.63) is 54.1 Å². The Morgan fingerprint density at radius 3 is 2.28 bits per heavy atom. The number of carboxylic acids is 1. The number of carbonyl (C=O) groups excluding carboxylic acids is 1. The van der Waals surface area contributed by atoms with Crippen LogP contribution in [0.3, 0.4) is 0 Å². The molecular weight excluding hydrogens is 370 g/mol. The topological polar surface area (TPSA) is 98.7 Å². The van der Waals surface area contributed by atoms with Crippen molar-refractivity contribution in [2.75, 3.05) is 25.5 Å². The van der Waals surface area contributed by atoms with Crippen molar-refractivity contribution in [3.63, 3.8) is 0 Å². The minimum absolute atomic E-state index is 0.0447. The first-order valence-corrected chi connectivity index (χ1v) is 9.73. The van der Waals surface area contributed by atoms with Crippen molar-refractivity contribution in [3.8, 4) is 0 Å². The third-order valence-corrected chi connectivity index (χ3v) is 6.42. The highest BCUT2D eigenvalue weighted by atomic mass is 16.4. The summed E-state index contributed by atoms with van der Waals surface area (Å²) in [5.74, 6) is -1.47. The first-order valence-electron chi connectivity index (χ1n) is 9.73. The average molecular weight is 395 g/mol. The molecule has 1 saturated carbocycles. The van der Waals surface area contributed by atoms with Gasteiger partial charge in [-0.3, -0.25) is 9.80 Å². The highest BCUT2D eigenvalue weighted by Gasteiger charge is 2.50. The third-order valence-electron chi connectivity index (χ3n) is 6.42. The van der Waals surface area contributed by atoms with Gasteiger partial charge in [-0.1, -0.05) is 30.3 Å². The van der Waals surface area contributed by atoms with Gasteiger partial charge in [-0.25, -0.2) is 19.6 Å². The number of amides is 2. The number of aromatic carboxylic acids is 1. The molecule has 1 aliphatic heterocycles. The molecule has 2 aromatic rings. The lowest BCUT2D eigenvalue weighted by Gasteiger charge is -2.48. The number of hydrogen-bond donors (Lipinski definition) is 2. The minimum atomic E-state index is -1.19. The Hall–Kier alpha value is -3.00. The molecule has 8 heteroatoms. The van der Waals surface area contributed by atoms with Crippen LogP contribution in [-0.2, 0) is 5.54 Å². The molecule has 1 saturated heterocycles. The van der Waals surface area contributed by atoms with Crippen LogP contribution in [0.2, 0.25) is 0 Å². The molecule has 2 heterocycles. The fourth-order valence-corrected chi connectivity index (χ4v) is 4.66. The average Bonchev–Trinajstić information content (AvgIpc) is 3.05. The molecule has 1 aromatic carbocycles. The van der Waals surface area contributed by atoms with Crippen LogP contribution >= 0.6 is 0 Å². The molecule has 0 bridgehead atoms. The van der Waals surface area contributed by atoms with Crippen LogP contribution in [-0.4, -0.2) is 58.2 Å². The molecule has 2 fully saturated rings. The SMILES string of the molecule is CN(C)[C@]1(c2ccccc2)CC[C@]2(CC1)CN(c1cnc(C(=O)O)nc1)C(=O)N2. The second-order valence-electron chi connectivity index (χ2n) is 8.16. The number of aromatic nitrogens is 2. The Bertz CT molecular complexity index is 906. The van der Waals surface area contributed by atoms with Gasteiger partial charge >= 0.3 is 12.0 Å². The maximum atomic E-state index is 12.7. The molecule has 29 heavy (non-hydrogen) atoms. The van der Waals surface area contributed by atoms with Gasteiger partial charge in [0.25, 0.3) is 0 Å². The van der Waals surface area contributed by atoms with Crippen molar-refractivity contribution in [2.24, 2.45) is 0 Å². The van der Waals surface area contributed by atoms with Crippen LogP contribution in [0.1, 0.15) is 41.9 Å². The Kier molecular flexibility index (Phi) is 4.74. The zero-order chi connectivity index (χ0) is 20.6. The quantitative estimate of drug-likeness (QED) is 0.825. The Labute approximate surface area is 169 Å². The van der Waals surface area contributed by atoms with E-state index >= 15 is 0 Å². The smallest absolute Gasteiger partial charge is 0.373 e. The lowest BCUT2D eigenvalue weighted by molar-refractivity contribution is 0.0657. The molecule has 0 atom stereocenters. The van der Waals surface area contributed by atoms with E-state index < -0.39 is 5.97 Å². The fourth-order valence-electron chi connectivity index (χ4n) is 4.66. The lowest BCUT2D eigenvalue weighted by Crippen LogP contribution is -2.54. The van der Waals surface area contributed by atoms with E-state index in [1.54, 1.807) is 4.90 Å². The molecule has 2 N–H and O–H groups in total. The lowest BCUT2D eigenvalue weighted by atomic mass is 9.69. The van der Waals surface area contributed by atoms with E-state index in [1.165, 1.54) is 18.0 Å². The number of benzene rings is 1. The van der Waals surface area contributed by atoms with Gasteiger partial charge in [-0.2, -0.15) is 0 Å². The number of nitrogens with zero attached hydrogens (tertiary/aromatic N) is 4. The number of anilines is 1. The van der Waals surface area contributed by atoms with Crippen molar-refractivity contribution < 1.29 is 14.7 Å². The zero-order valence-electron chi connectivity index (χ0n) is 16.6. The van der Waals surface area contributed by atoms with E-state index in [0.717, 1.165) is 25.7 Å². The summed E-state index contributed by atoms with van der Waals surface area (Å²) in [5.41, 5.74) is 1.48. The first kappa shape index (κ1) is 19.3. The van der Waals surface area contributed by atoms with E-state index in [2.05, 4.69) is 58.5 Å². The molecule has 8 nitrogen and oxygen atoms in total. The zero-order valence-corrected chi connectivity index (χ0v) is 16.6. The molecule has 152 valence electrons. The van der Waals surface area contributed by atoms with Gasteiger partial charge in [0.2, 0.25) is 5.82 Å². The van der Waals surface area contributed by atoms with Gasteiger partial charge in [-0.05, 0) is 45.3 Å². The number of urea groups is 1. The van der Waals surface area contributed by atoms with Crippen LogP contribution in [0.4, 0.5) is 10.5 Å². The van der Waals surface area contributed by atoms with E-state index in [0.29, 0.717) is 12.2 Å². The second kappa shape index (κ2) is 7.11. The highest BCUT2D eigenvalue weighted by molar-refractivity contribution is 5.95. The van der Waals surface area contributed by atoms with Gasteiger partial charge in [0.15, 0.2) is 0 Å². The molecule has 4 rings (SSSR count). The van der Waals surface area contributed by atoms with Gasteiger partial charge in [-0.15, -0.1) is 0 Å². The van der Waals surface area contributed by atoms with E-state index in [9.17, 15) is 9.59 Å². The summed E-state index contributed by atoms with van der Waals surface area (Å²) in [5, 5.41) is 12.1. The molecule has 2 amide bonds. The predicted octanol–water partition coefficient (Wildman–Crippen LogP) is 2.47. The van der Waals surface area contributed by atoms with Gasteiger partial charge in [0.1, 0.15) is 0 Å². The van der Waals surface area contributed by atoms with Crippen molar-refractivity contribution in [1.29, 1.82) is 0 Å². The summed E-state index contributed by atoms with van der Waals surface area (Å²) in [6.07, 6.45) is 6.38. The summed E-state index contributed by atoms with van der Waals surface area (Å²) in [6.45, 7) is 0.528. The molecule has 2 aliphatic rings. The van der Waals surface area contributed by atoms with Crippen LogP contribution in [0.25, 0.3) is 0 Å². The Morgan fingerprint density at radius 2 is 1.72 bits per heavy atom. The van der Waals surface area contributed by atoms with Crippen molar-refractivity contribution in [1.82, 2.24) is 20.2 Å². The Balaban J connectivity index is 1.53. The van der Waals surface area contributed by atoms with Gasteiger partial charge in [0.05, 0.1) is 30.2 Å². The molecule has 0 radical (unpaired) electrons. The summed E-state index contributed by atoms with van der Waals surface area (Å²) in [7, 11) is 4.23. The van der Waals surface area contributed by atoms with Crippen LogP contribution in [0.15, 0.2) is 42.7 Å². The number of carboxylic acid groups (broad SMARTS) is 1. The normalized spacial score (nSPS) is 26.7. The summed E-state index contributed by atoms with van der Waals surface area (Å²) in [6, 6.07) is 10.4. The molecule has 1 aromatic heterocycles. The maximum Gasteiger partial charge on any atom is 0.373 e. The molecular formula is C21H25N5O3. The minimum Gasteiger partial charge on any atom is -0.475 e. The third kappa shape index (κ3) is 3.33. The number of nitrogens with one attached hydrogen (secondary N) is 1. The van der Waals surface area contributed by atoms with Gasteiger partial charge < -0.3 is 10.4 Å². The summed E-state index contributed by atoms with van der Waals surface area (Å²) >= 11 is 0.